The molecule has 0 aliphatic carbocycles. The van der Waals surface area contributed by atoms with E-state index in [2.05, 4.69) is 44.0 Å². The lowest BCUT2D eigenvalue weighted by atomic mass is 9.84. The maximum atomic E-state index is 13.7. The van der Waals surface area contributed by atoms with E-state index in [-0.39, 0.29) is 10.9 Å². The van der Waals surface area contributed by atoms with Crippen molar-refractivity contribution in [3.8, 4) is 0 Å². The Labute approximate surface area is 229 Å². The monoisotopic (exact) mass is 630 g/mol. The zero-order chi connectivity index (χ0) is 24.6. The highest BCUT2D eigenvalue weighted by Crippen LogP contribution is 2.47. The van der Waals surface area contributed by atoms with Gasteiger partial charge in [-0.1, -0.05) is 67.2 Å². The molecule has 170 valence electrons. The van der Waals surface area contributed by atoms with Crippen molar-refractivity contribution in [2.24, 2.45) is 0 Å². The van der Waals surface area contributed by atoms with Gasteiger partial charge in [0.15, 0.2) is 10.9 Å². The highest BCUT2D eigenvalue weighted by Gasteiger charge is 2.23. The molecule has 0 heterocycles. The molecular formula is C30H10Br2Cl2O2. The molecule has 8 aromatic rings. The average molecular weight is 633 g/mol. The van der Waals surface area contributed by atoms with Gasteiger partial charge in [-0.15, -0.1) is 0 Å². The van der Waals surface area contributed by atoms with E-state index < -0.39 is 0 Å². The predicted octanol–water partition coefficient (Wildman–Crippen LogP) is 9.62. The SMILES string of the molecule is O=c1c2cc(Br)cc(Cl)c2c2cc3ccc4c(=O)c5cc(Br)cc(Cl)c5c5cc6ccc1c2c6c3c45. The second kappa shape index (κ2) is 6.96. The largest absolute Gasteiger partial charge is 0.289 e. The number of hydrogen-bond donors (Lipinski definition) is 0. The summed E-state index contributed by atoms with van der Waals surface area (Å²) < 4.78 is 1.53. The standard InChI is InChI=1S/C30H10Br2Cl2O2/c31-13-7-19-26(22(34)10-13)18-6-12-2-4-16-28-17(25-20(30(16)36)8-14(32)9-21(25)33)5-11-1-3-15(29(19)35)27(18)23(11)24(12)28/h1-10H. The van der Waals surface area contributed by atoms with Gasteiger partial charge >= 0.3 is 0 Å². The number of benzene rings is 8. The zero-order valence-corrected chi connectivity index (χ0v) is 22.8. The molecule has 0 aliphatic rings. The third-order valence-electron chi connectivity index (χ3n) is 7.49. The van der Waals surface area contributed by atoms with E-state index in [4.69, 9.17) is 23.2 Å². The normalized spacial score (nSPS) is 12.7. The molecule has 0 saturated heterocycles. The summed E-state index contributed by atoms with van der Waals surface area (Å²) in [7, 11) is 0. The highest BCUT2D eigenvalue weighted by atomic mass is 79.9. The van der Waals surface area contributed by atoms with Crippen molar-refractivity contribution >= 4 is 130 Å². The molecule has 0 unspecified atom stereocenters. The number of hydrogen-bond acceptors (Lipinski definition) is 2. The van der Waals surface area contributed by atoms with Gasteiger partial charge in [-0.2, -0.15) is 0 Å². The van der Waals surface area contributed by atoms with Crippen LogP contribution in [-0.4, -0.2) is 0 Å². The molecule has 8 rings (SSSR count). The summed E-state index contributed by atoms with van der Waals surface area (Å²) in [6, 6.07) is 19.3. The van der Waals surface area contributed by atoms with Gasteiger partial charge in [-0.3, -0.25) is 9.59 Å². The summed E-state index contributed by atoms with van der Waals surface area (Å²) >= 11 is 20.4. The van der Waals surface area contributed by atoms with Crippen LogP contribution in [0.25, 0.3) is 75.4 Å². The Morgan fingerprint density at radius 2 is 0.861 bits per heavy atom. The Morgan fingerprint density at radius 1 is 0.444 bits per heavy atom. The van der Waals surface area contributed by atoms with Crippen LogP contribution in [0.2, 0.25) is 10.0 Å². The van der Waals surface area contributed by atoms with E-state index in [1.54, 1.807) is 0 Å². The molecule has 0 fully saturated rings. The van der Waals surface area contributed by atoms with E-state index in [1.165, 1.54) is 0 Å². The van der Waals surface area contributed by atoms with Crippen LogP contribution in [0.3, 0.4) is 0 Å². The van der Waals surface area contributed by atoms with Gasteiger partial charge in [0.1, 0.15) is 0 Å². The average Bonchev–Trinajstić information content (AvgIpc) is 2.84. The lowest BCUT2D eigenvalue weighted by molar-refractivity contribution is 1.69. The molecule has 0 atom stereocenters. The number of halogens is 4. The van der Waals surface area contributed by atoms with Gasteiger partial charge in [-0.25, -0.2) is 0 Å². The lowest BCUT2D eigenvalue weighted by Crippen LogP contribution is -2.06. The molecule has 8 aromatic carbocycles. The van der Waals surface area contributed by atoms with Gasteiger partial charge in [0.2, 0.25) is 0 Å². The van der Waals surface area contributed by atoms with Crippen LogP contribution in [0, 0.1) is 0 Å². The predicted molar refractivity (Wildman–Crippen MR) is 161 cm³/mol. The van der Waals surface area contributed by atoms with Crippen molar-refractivity contribution < 1.29 is 0 Å². The fraction of sp³-hybridized carbons (Fsp3) is 0. The maximum absolute atomic E-state index is 13.7. The Bertz CT molecular complexity index is 2230. The summed E-state index contributed by atoms with van der Waals surface area (Å²) in [4.78, 5) is 27.3. The summed E-state index contributed by atoms with van der Waals surface area (Å²) in [5.74, 6) is 0. The lowest BCUT2D eigenvalue weighted by Gasteiger charge is -2.19. The van der Waals surface area contributed by atoms with Gasteiger partial charge in [0, 0.05) is 52.0 Å². The summed E-state index contributed by atoms with van der Waals surface area (Å²) in [5.41, 5.74) is -0.110. The topological polar surface area (TPSA) is 34.1 Å². The molecule has 6 heteroatoms. The van der Waals surface area contributed by atoms with Crippen molar-refractivity contribution in [2.75, 3.05) is 0 Å². The van der Waals surface area contributed by atoms with Crippen molar-refractivity contribution in [1.82, 2.24) is 0 Å². The van der Waals surface area contributed by atoms with Crippen molar-refractivity contribution in [1.29, 1.82) is 0 Å². The van der Waals surface area contributed by atoms with Crippen LogP contribution < -0.4 is 10.9 Å². The first-order valence-electron chi connectivity index (χ1n) is 11.2. The van der Waals surface area contributed by atoms with Crippen LogP contribution in [0.15, 0.2) is 79.2 Å². The molecule has 0 spiro atoms. The maximum Gasteiger partial charge on any atom is 0.194 e. The molecule has 2 nitrogen and oxygen atoms in total. The van der Waals surface area contributed by atoms with Crippen molar-refractivity contribution in [3.63, 3.8) is 0 Å². The Balaban J connectivity index is 1.77. The van der Waals surface area contributed by atoms with Gasteiger partial charge in [0.25, 0.3) is 0 Å². The molecule has 36 heavy (non-hydrogen) atoms. The van der Waals surface area contributed by atoms with E-state index in [1.807, 2.05) is 48.5 Å². The zero-order valence-electron chi connectivity index (χ0n) is 18.1. The van der Waals surface area contributed by atoms with Gasteiger partial charge in [-0.05, 0) is 80.8 Å². The molecule has 0 saturated carbocycles. The third-order valence-corrected chi connectivity index (χ3v) is 9.00. The summed E-state index contributed by atoms with van der Waals surface area (Å²) in [6.45, 7) is 0. The molecule has 0 radical (unpaired) electrons. The third kappa shape index (κ3) is 2.48. The minimum Gasteiger partial charge on any atom is -0.289 e. The van der Waals surface area contributed by atoms with Gasteiger partial charge < -0.3 is 0 Å². The minimum atomic E-state index is -0.0551. The van der Waals surface area contributed by atoms with Crippen LogP contribution in [0.4, 0.5) is 0 Å². The molecule has 0 bridgehead atoms. The van der Waals surface area contributed by atoms with E-state index in [0.717, 1.165) is 62.8 Å². The highest BCUT2D eigenvalue weighted by molar-refractivity contribution is 9.10. The molecule has 0 aliphatic heterocycles. The first-order chi connectivity index (χ1) is 17.3. The van der Waals surface area contributed by atoms with Crippen LogP contribution in [-0.2, 0) is 0 Å². The molecule has 0 amide bonds. The summed E-state index contributed by atoms with van der Waals surface area (Å²) in [6.07, 6.45) is 0. The molecule has 0 aromatic heterocycles. The second-order valence-corrected chi connectivity index (χ2v) is 11.9. The van der Waals surface area contributed by atoms with Crippen molar-refractivity contribution in [3.05, 3.63) is 100 Å². The van der Waals surface area contributed by atoms with E-state index in [9.17, 15) is 9.59 Å². The molecule has 0 N–H and O–H groups in total. The fourth-order valence-electron chi connectivity index (χ4n) is 6.15. The van der Waals surface area contributed by atoms with Crippen LogP contribution in [0.1, 0.15) is 0 Å². The Morgan fingerprint density at radius 3 is 1.28 bits per heavy atom. The van der Waals surface area contributed by atoms with E-state index in [0.29, 0.717) is 31.6 Å². The quantitative estimate of drug-likeness (QED) is 0.123. The fourth-order valence-corrected chi connectivity index (χ4v) is 7.97. The second-order valence-electron chi connectivity index (χ2n) is 9.30. The number of rotatable bonds is 0. The van der Waals surface area contributed by atoms with Gasteiger partial charge in [0.05, 0.1) is 10.0 Å². The van der Waals surface area contributed by atoms with E-state index >= 15 is 0 Å². The smallest absolute Gasteiger partial charge is 0.194 e. The Kier molecular flexibility index (Phi) is 4.12. The first-order valence-corrected chi connectivity index (χ1v) is 13.5. The van der Waals surface area contributed by atoms with Crippen LogP contribution in [0.5, 0.6) is 0 Å². The summed E-state index contributed by atoms with van der Waals surface area (Å²) in [5, 5.41) is 12.6. The van der Waals surface area contributed by atoms with Crippen LogP contribution >= 0.6 is 55.1 Å². The number of fused-ring (bicyclic) bond motifs is 4. The minimum absolute atomic E-state index is 0.0551. The first kappa shape index (κ1) is 21.3. The van der Waals surface area contributed by atoms with Crippen molar-refractivity contribution in [2.45, 2.75) is 0 Å². The Hall–Kier alpha value is -2.76. The molecular weight excluding hydrogens is 623 g/mol.